The molecule has 4 nitrogen and oxygen atoms in total. The summed E-state index contributed by atoms with van der Waals surface area (Å²) in [5.74, 6) is 0.682. The molecule has 0 amide bonds. The molecule has 1 aromatic rings. The van der Waals surface area contributed by atoms with Crippen molar-refractivity contribution in [2.45, 2.75) is 38.8 Å². The summed E-state index contributed by atoms with van der Waals surface area (Å²) in [5, 5.41) is 3.21. The highest BCUT2D eigenvalue weighted by Gasteiger charge is 2.12. The number of hydrogen-bond acceptors (Lipinski definition) is 4. The molecular weight excluding hydrogens is 242 g/mol. The molecule has 0 saturated carbocycles. The predicted molar refractivity (Wildman–Crippen MR) is 75.3 cm³/mol. The van der Waals surface area contributed by atoms with Crippen LogP contribution in [0.2, 0.25) is 0 Å². The van der Waals surface area contributed by atoms with Crippen molar-refractivity contribution >= 4 is 5.97 Å². The van der Waals surface area contributed by atoms with Crippen molar-refractivity contribution in [2.24, 2.45) is 0 Å². The number of carbonyl (C=O) groups is 1. The Bertz CT molecular complexity index is 387. The molecule has 0 fully saturated rings. The zero-order valence-electron chi connectivity index (χ0n) is 12.1. The Kier molecular flexibility index (Phi) is 6.36. The maximum absolute atomic E-state index is 11.2. The van der Waals surface area contributed by atoms with Gasteiger partial charge in [0.2, 0.25) is 0 Å². The standard InChI is InChI=1S/C15H23NO3/c1-11(2)19-13-7-5-12(6-8-13)14(16-3)9-10-15(17)18-4/h5-8,11,14,16H,9-10H2,1-4H3. The summed E-state index contributed by atoms with van der Waals surface area (Å²) in [4.78, 5) is 11.2. The Morgan fingerprint density at radius 1 is 1.26 bits per heavy atom. The first-order valence-electron chi connectivity index (χ1n) is 6.57. The molecule has 0 aromatic heterocycles. The third-order valence-electron chi connectivity index (χ3n) is 2.87. The van der Waals surface area contributed by atoms with Gasteiger partial charge in [0.25, 0.3) is 0 Å². The summed E-state index contributed by atoms with van der Waals surface area (Å²) in [6, 6.07) is 8.11. The van der Waals surface area contributed by atoms with E-state index in [0.717, 1.165) is 11.3 Å². The van der Waals surface area contributed by atoms with E-state index in [1.54, 1.807) is 0 Å². The fourth-order valence-corrected chi connectivity index (χ4v) is 1.89. The molecule has 0 aliphatic carbocycles. The Balaban J connectivity index is 2.63. The van der Waals surface area contributed by atoms with E-state index in [1.807, 2.05) is 45.2 Å². The Morgan fingerprint density at radius 3 is 2.37 bits per heavy atom. The van der Waals surface area contributed by atoms with E-state index in [1.165, 1.54) is 7.11 Å². The van der Waals surface area contributed by atoms with Gasteiger partial charge in [-0.15, -0.1) is 0 Å². The zero-order chi connectivity index (χ0) is 14.3. The smallest absolute Gasteiger partial charge is 0.305 e. The minimum atomic E-state index is -0.181. The van der Waals surface area contributed by atoms with Gasteiger partial charge in [-0.05, 0) is 45.0 Å². The molecule has 4 heteroatoms. The Hall–Kier alpha value is -1.55. The van der Waals surface area contributed by atoms with Gasteiger partial charge in [-0.3, -0.25) is 4.79 Å². The van der Waals surface area contributed by atoms with Crippen molar-refractivity contribution in [3.8, 4) is 5.75 Å². The maximum atomic E-state index is 11.2. The lowest BCUT2D eigenvalue weighted by atomic mass is 10.0. The lowest BCUT2D eigenvalue weighted by molar-refractivity contribution is -0.140. The van der Waals surface area contributed by atoms with Gasteiger partial charge in [-0.1, -0.05) is 12.1 Å². The first kappa shape index (κ1) is 15.5. The fraction of sp³-hybridized carbons (Fsp3) is 0.533. The van der Waals surface area contributed by atoms with Crippen LogP contribution < -0.4 is 10.1 Å². The van der Waals surface area contributed by atoms with Crippen LogP contribution in [0.3, 0.4) is 0 Å². The number of nitrogens with one attached hydrogen (secondary N) is 1. The van der Waals surface area contributed by atoms with Crippen LogP contribution in [-0.4, -0.2) is 26.2 Å². The van der Waals surface area contributed by atoms with Crippen LogP contribution in [0.1, 0.15) is 38.3 Å². The van der Waals surface area contributed by atoms with Crippen molar-refractivity contribution in [1.82, 2.24) is 5.32 Å². The Labute approximate surface area is 115 Å². The molecule has 0 heterocycles. The van der Waals surface area contributed by atoms with E-state index in [-0.39, 0.29) is 18.1 Å². The van der Waals surface area contributed by atoms with Gasteiger partial charge < -0.3 is 14.8 Å². The predicted octanol–water partition coefficient (Wildman–Crippen LogP) is 2.69. The molecule has 0 radical (unpaired) electrons. The van der Waals surface area contributed by atoms with Crippen molar-refractivity contribution in [3.63, 3.8) is 0 Å². The van der Waals surface area contributed by atoms with E-state index in [9.17, 15) is 4.79 Å². The van der Waals surface area contributed by atoms with Crippen molar-refractivity contribution in [2.75, 3.05) is 14.2 Å². The van der Waals surface area contributed by atoms with Crippen LogP contribution >= 0.6 is 0 Å². The minimum absolute atomic E-state index is 0.146. The molecule has 0 bridgehead atoms. The van der Waals surface area contributed by atoms with Crippen LogP contribution in [0.25, 0.3) is 0 Å². The first-order chi connectivity index (χ1) is 9.06. The summed E-state index contributed by atoms with van der Waals surface area (Å²) in [6.07, 6.45) is 1.30. The highest BCUT2D eigenvalue weighted by Crippen LogP contribution is 2.22. The van der Waals surface area contributed by atoms with Crippen LogP contribution in [0.5, 0.6) is 5.75 Å². The van der Waals surface area contributed by atoms with Gasteiger partial charge in [0.15, 0.2) is 0 Å². The maximum Gasteiger partial charge on any atom is 0.305 e. The molecule has 1 N–H and O–H groups in total. The van der Waals surface area contributed by atoms with Crippen LogP contribution in [0.15, 0.2) is 24.3 Å². The van der Waals surface area contributed by atoms with Crippen LogP contribution in [0.4, 0.5) is 0 Å². The number of carbonyl (C=O) groups excluding carboxylic acids is 1. The van der Waals surface area contributed by atoms with Gasteiger partial charge in [0.05, 0.1) is 13.2 Å². The molecule has 1 aromatic carbocycles. The molecule has 1 unspecified atom stereocenters. The topological polar surface area (TPSA) is 47.6 Å². The third-order valence-corrected chi connectivity index (χ3v) is 2.87. The number of ether oxygens (including phenoxy) is 2. The lowest BCUT2D eigenvalue weighted by Gasteiger charge is -2.17. The second-order valence-corrected chi connectivity index (χ2v) is 4.69. The number of esters is 1. The van der Waals surface area contributed by atoms with E-state index < -0.39 is 0 Å². The van der Waals surface area contributed by atoms with E-state index in [2.05, 4.69) is 10.1 Å². The molecule has 0 spiro atoms. The van der Waals surface area contributed by atoms with Crippen molar-refractivity contribution in [3.05, 3.63) is 29.8 Å². The average Bonchev–Trinajstić information content (AvgIpc) is 2.40. The zero-order valence-corrected chi connectivity index (χ0v) is 12.1. The fourth-order valence-electron chi connectivity index (χ4n) is 1.89. The SMILES string of the molecule is CNC(CCC(=O)OC)c1ccc(OC(C)C)cc1. The molecule has 0 aliphatic heterocycles. The van der Waals surface area contributed by atoms with E-state index >= 15 is 0 Å². The summed E-state index contributed by atoms with van der Waals surface area (Å²) in [5.41, 5.74) is 1.14. The molecule has 0 aliphatic rings. The molecular formula is C15H23NO3. The molecule has 106 valence electrons. The third kappa shape index (κ3) is 5.30. The molecule has 1 atom stereocenters. The van der Waals surface area contributed by atoms with Crippen LogP contribution in [-0.2, 0) is 9.53 Å². The summed E-state index contributed by atoms with van der Waals surface area (Å²) in [7, 11) is 3.30. The van der Waals surface area contributed by atoms with Gasteiger partial charge in [0.1, 0.15) is 5.75 Å². The van der Waals surface area contributed by atoms with Gasteiger partial charge in [0, 0.05) is 12.5 Å². The first-order valence-corrected chi connectivity index (χ1v) is 6.57. The average molecular weight is 265 g/mol. The van der Waals surface area contributed by atoms with Crippen LogP contribution in [0, 0.1) is 0 Å². The minimum Gasteiger partial charge on any atom is -0.491 e. The summed E-state index contributed by atoms with van der Waals surface area (Å²) in [6.45, 7) is 4.00. The second kappa shape index (κ2) is 7.79. The van der Waals surface area contributed by atoms with Crippen molar-refractivity contribution in [1.29, 1.82) is 0 Å². The largest absolute Gasteiger partial charge is 0.491 e. The van der Waals surface area contributed by atoms with Crippen molar-refractivity contribution < 1.29 is 14.3 Å². The lowest BCUT2D eigenvalue weighted by Crippen LogP contribution is -2.18. The van der Waals surface area contributed by atoms with Gasteiger partial charge in [-0.2, -0.15) is 0 Å². The number of methoxy groups -OCH3 is 1. The quantitative estimate of drug-likeness (QED) is 0.770. The molecule has 0 saturated heterocycles. The van der Waals surface area contributed by atoms with Gasteiger partial charge >= 0.3 is 5.97 Å². The van der Waals surface area contributed by atoms with E-state index in [0.29, 0.717) is 12.8 Å². The van der Waals surface area contributed by atoms with E-state index in [4.69, 9.17) is 4.74 Å². The monoisotopic (exact) mass is 265 g/mol. The Morgan fingerprint density at radius 2 is 1.89 bits per heavy atom. The molecule has 19 heavy (non-hydrogen) atoms. The molecule has 1 rings (SSSR count). The number of benzene rings is 1. The van der Waals surface area contributed by atoms with Gasteiger partial charge in [-0.25, -0.2) is 0 Å². The number of hydrogen-bond donors (Lipinski definition) is 1. The highest BCUT2D eigenvalue weighted by atomic mass is 16.5. The summed E-state index contributed by atoms with van der Waals surface area (Å²) >= 11 is 0. The normalized spacial score (nSPS) is 12.3. The number of rotatable bonds is 7. The summed E-state index contributed by atoms with van der Waals surface area (Å²) < 4.78 is 10.3. The highest BCUT2D eigenvalue weighted by molar-refractivity contribution is 5.69. The second-order valence-electron chi connectivity index (χ2n) is 4.69.